The normalized spacial score (nSPS) is 12.6. The highest BCUT2D eigenvalue weighted by Gasteiger charge is 2.26. The van der Waals surface area contributed by atoms with Gasteiger partial charge in [-0.1, -0.05) is 44.0 Å². The van der Waals surface area contributed by atoms with E-state index in [4.69, 9.17) is 23.2 Å². The van der Waals surface area contributed by atoms with Crippen LogP contribution in [0.4, 0.5) is 0 Å². The summed E-state index contributed by atoms with van der Waals surface area (Å²) in [5.74, 6) is -0.705. The van der Waals surface area contributed by atoms with Crippen LogP contribution >= 0.6 is 23.2 Å². The molecule has 1 unspecified atom stereocenters. The molecule has 1 aromatic carbocycles. The fraction of sp³-hybridized carbons (Fsp3) is 0.444. The monoisotopic (exact) mass is 368 g/mol. The third-order valence-electron chi connectivity index (χ3n) is 4.07. The van der Waals surface area contributed by atoms with Gasteiger partial charge in [0.1, 0.15) is 6.04 Å². The number of aromatic nitrogens is 2. The third-order valence-corrected chi connectivity index (χ3v) is 4.50. The van der Waals surface area contributed by atoms with E-state index >= 15 is 0 Å². The molecule has 24 heavy (non-hydrogen) atoms. The molecule has 0 radical (unpaired) electrons. The molecule has 6 heteroatoms. The Balaban J connectivity index is 2.53. The van der Waals surface area contributed by atoms with Crippen molar-refractivity contribution in [2.24, 2.45) is 0 Å². The zero-order chi connectivity index (χ0) is 18.0. The number of aryl methyl sites for hydroxylation is 1. The molecule has 0 fully saturated rings. The number of hydrogen-bond acceptors (Lipinski definition) is 2. The molecule has 1 aromatic heterocycles. The van der Waals surface area contributed by atoms with E-state index in [0.717, 1.165) is 22.5 Å². The summed E-state index contributed by atoms with van der Waals surface area (Å²) < 4.78 is 1.67. The van der Waals surface area contributed by atoms with Gasteiger partial charge in [-0.15, -0.1) is 0 Å². The molecule has 2 rings (SSSR count). The van der Waals surface area contributed by atoms with Crippen molar-refractivity contribution in [3.05, 3.63) is 50.8 Å². The molecule has 0 spiro atoms. The number of benzene rings is 1. The van der Waals surface area contributed by atoms with Crippen LogP contribution < -0.4 is 0 Å². The summed E-state index contributed by atoms with van der Waals surface area (Å²) in [6.45, 7) is 7.88. The minimum atomic E-state index is -0.862. The summed E-state index contributed by atoms with van der Waals surface area (Å²) in [6, 6.07) is 4.80. The minimum absolute atomic E-state index is 0.157. The Morgan fingerprint density at radius 2 is 1.83 bits per heavy atom. The number of carboxylic acid groups (broad SMARTS) is 1. The molecular weight excluding hydrogens is 347 g/mol. The van der Waals surface area contributed by atoms with Crippen molar-refractivity contribution in [2.45, 2.75) is 52.5 Å². The van der Waals surface area contributed by atoms with Crippen LogP contribution in [0.15, 0.2) is 18.2 Å². The first-order valence-electron chi connectivity index (χ1n) is 8.00. The second kappa shape index (κ2) is 7.58. The molecule has 0 aliphatic carbocycles. The minimum Gasteiger partial charge on any atom is -0.480 e. The van der Waals surface area contributed by atoms with Gasteiger partial charge in [-0.2, -0.15) is 5.10 Å². The van der Waals surface area contributed by atoms with Gasteiger partial charge in [0, 0.05) is 27.7 Å². The smallest absolute Gasteiger partial charge is 0.328 e. The Kier molecular flexibility index (Phi) is 5.94. The van der Waals surface area contributed by atoms with Crippen LogP contribution in [0.5, 0.6) is 0 Å². The summed E-state index contributed by atoms with van der Waals surface area (Å²) in [5.41, 5.74) is 3.83. The molecular formula is C18H22Cl2N2O2. The fourth-order valence-electron chi connectivity index (χ4n) is 3.04. The highest BCUT2D eigenvalue weighted by atomic mass is 35.5. The van der Waals surface area contributed by atoms with E-state index < -0.39 is 12.0 Å². The lowest BCUT2D eigenvalue weighted by atomic mass is 9.97. The number of hydrogen-bond donors (Lipinski definition) is 1. The number of nitrogens with zero attached hydrogens (tertiary/aromatic N) is 2. The van der Waals surface area contributed by atoms with Gasteiger partial charge < -0.3 is 5.11 Å². The second-order valence-electron chi connectivity index (χ2n) is 6.27. The molecule has 1 heterocycles. The summed E-state index contributed by atoms with van der Waals surface area (Å²) >= 11 is 12.2. The van der Waals surface area contributed by atoms with Gasteiger partial charge >= 0.3 is 5.97 Å². The van der Waals surface area contributed by atoms with Gasteiger partial charge in [-0.25, -0.2) is 4.79 Å². The lowest BCUT2D eigenvalue weighted by molar-refractivity contribution is -0.141. The molecule has 0 aliphatic heterocycles. The standard InChI is InChI=1S/C18H22Cl2N2O2/c1-5-16(18(23)24)22-17(10(2)3)15(11(4)21-22)8-12-6-13(19)9-14(20)7-12/h6-7,9-10,16H,5,8H2,1-4H3,(H,23,24). The Hall–Kier alpha value is -1.52. The Bertz CT molecular complexity index is 733. The Morgan fingerprint density at radius 1 is 1.25 bits per heavy atom. The summed E-state index contributed by atoms with van der Waals surface area (Å²) in [6.07, 6.45) is 1.11. The number of halogens is 2. The van der Waals surface area contributed by atoms with E-state index in [1.165, 1.54) is 0 Å². The second-order valence-corrected chi connectivity index (χ2v) is 7.14. The van der Waals surface area contributed by atoms with Crippen LogP contribution in [0.1, 0.15) is 61.7 Å². The van der Waals surface area contributed by atoms with Gasteiger partial charge in [-0.3, -0.25) is 4.68 Å². The quantitative estimate of drug-likeness (QED) is 0.757. The van der Waals surface area contributed by atoms with Crippen LogP contribution in [-0.4, -0.2) is 20.9 Å². The zero-order valence-corrected chi connectivity index (χ0v) is 15.8. The van der Waals surface area contributed by atoms with Crippen molar-refractivity contribution in [3.63, 3.8) is 0 Å². The average molecular weight is 369 g/mol. The van der Waals surface area contributed by atoms with Gasteiger partial charge in [0.05, 0.1) is 5.69 Å². The maximum atomic E-state index is 11.6. The van der Waals surface area contributed by atoms with Gasteiger partial charge in [0.25, 0.3) is 0 Å². The molecule has 1 N–H and O–H groups in total. The van der Waals surface area contributed by atoms with Crippen LogP contribution in [0, 0.1) is 6.92 Å². The van der Waals surface area contributed by atoms with E-state index in [1.54, 1.807) is 10.7 Å². The van der Waals surface area contributed by atoms with Crippen LogP contribution in [-0.2, 0) is 11.2 Å². The topological polar surface area (TPSA) is 55.1 Å². The van der Waals surface area contributed by atoms with E-state index in [0.29, 0.717) is 22.9 Å². The molecule has 0 aliphatic rings. The maximum Gasteiger partial charge on any atom is 0.328 e. The number of carboxylic acids is 1. The van der Waals surface area contributed by atoms with Crippen LogP contribution in [0.2, 0.25) is 10.0 Å². The lowest BCUT2D eigenvalue weighted by Crippen LogP contribution is -2.22. The molecule has 0 amide bonds. The Labute approximate surface area is 152 Å². The summed E-state index contributed by atoms with van der Waals surface area (Å²) in [5, 5.41) is 15.2. The van der Waals surface area contributed by atoms with Crippen molar-refractivity contribution >= 4 is 29.2 Å². The Morgan fingerprint density at radius 3 is 2.29 bits per heavy atom. The molecule has 4 nitrogen and oxygen atoms in total. The zero-order valence-electron chi connectivity index (χ0n) is 14.3. The van der Waals surface area contributed by atoms with E-state index in [2.05, 4.69) is 18.9 Å². The largest absolute Gasteiger partial charge is 0.480 e. The fourth-order valence-corrected chi connectivity index (χ4v) is 3.61. The third kappa shape index (κ3) is 3.93. The van der Waals surface area contributed by atoms with Crippen molar-refractivity contribution in [1.82, 2.24) is 9.78 Å². The molecule has 130 valence electrons. The van der Waals surface area contributed by atoms with Gasteiger partial charge in [-0.05, 0) is 43.0 Å². The van der Waals surface area contributed by atoms with Gasteiger partial charge in [0.2, 0.25) is 0 Å². The molecule has 0 saturated carbocycles. The van der Waals surface area contributed by atoms with E-state index in [1.807, 2.05) is 26.0 Å². The lowest BCUT2D eigenvalue weighted by Gasteiger charge is -2.18. The number of carbonyl (C=O) groups is 1. The van der Waals surface area contributed by atoms with Crippen LogP contribution in [0.3, 0.4) is 0 Å². The number of aliphatic carboxylic acids is 1. The first-order chi connectivity index (χ1) is 11.2. The molecule has 0 bridgehead atoms. The van der Waals surface area contributed by atoms with Gasteiger partial charge in [0.15, 0.2) is 0 Å². The first kappa shape index (κ1) is 18.8. The first-order valence-corrected chi connectivity index (χ1v) is 8.75. The molecule has 0 saturated heterocycles. The van der Waals surface area contributed by atoms with Crippen molar-refractivity contribution in [2.75, 3.05) is 0 Å². The highest BCUT2D eigenvalue weighted by Crippen LogP contribution is 2.30. The predicted octanol–water partition coefficient (Wildman–Crippen LogP) is 5.25. The SMILES string of the molecule is CCC(C(=O)O)n1nc(C)c(Cc2cc(Cl)cc(Cl)c2)c1C(C)C. The van der Waals surface area contributed by atoms with Crippen molar-refractivity contribution < 1.29 is 9.90 Å². The van der Waals surface area contributed by atoms with E-state index in [-0.39, 0.29) is 5.92 Å². The molecule has 2 aromatic rings. The predicted molar refractivity (Wildman–Crippen MR) is 97.3 cm³/mol. The maximum absolute atomic E-state index is 11.6. The summed E-state index contributed by atoms with van der Waals surface area (Å²) in [4.78, 5) is 11.6. The van der Waals surface area contributed by atoms with Crippen molar-refractivity contribution in [3.8, 4) is 0 Å². The average Bonchev–Trinajstić information content (AvgIpc) is 2.75. The van der Waals surface area contributed by atoms with E-state index in [9.17, 15) is 9.90 Å². The molecule has 1 atom stereocenters. The van der Waals surface area contributed by atoms with Crippen molar-refractivity contribution in [1.29, 1.82) is 0 Å². The number of rotatable bonds is 6. The van der Waals surface area contributed by atoms with Crippen LogP contribution in [0.25, 0.3) is 0 Å². The summed E-state index contributed by atoms with van der Waals surface area (Å²) in [7, 11) is 0. The highest BCUT2D eigenvalue weighted by molar-refractivity contribution is 6.34.